The minimum absolute atomic E-state index is 0.0822. The molecular weight excluding hydrogens is 426 g/mol. The lowest BCUT2D eigenvalue weighted by Gasteiger charge is -2.35. The highest BCUT2D eigenvalue weighted by Crippen LogP contribution is 2.41. The molecule has 0 atom stereocenters. The average Bonchev–Trinajstić information content (AvgIpc) is 2.85. The number of thioether (sulfide) groups is 1. The Hall–Kier alpha value is -2.66. The summed E-state index contributed by atoms with van der Waals surface area (Å²) in [4.78, 5) is 19.1. The van der Waals surface area contributed by atoms with Crippen molar-refractivity contribution in [3.63, 3.8) is 0 Å². The van der Waals surface area contributed by atoms with Gasteiger partial charge in [0.1, 0.15) is 5.03 Å². The molecular formula is C28H37N3OS. The molecule has 4 nitrogen and oxygen atoms in total. The van der Waals surface area contributed by atoms with Crippen LogP contribution in [0.15, 0.2) is 70.5 Å². The van der Waals surface area contributed by atoms with Gasteiger partial charge in [0.15, 0.2) is 0 Å². The van der Waals surface area contributed by atoms with Crippen molar-refractivity contribution < 1.29 is 0 Å². The molecule has 0 aliphatic rings. The topological polar surface area (TPSA) is 28.5 Å². The fraction of sp³-hybridized carbons (Fsp3) is 0.393. The maximum atomic E-state index is 14.3. The van der Waals surface area contributed by atoms with E-state index in [2.05, 4.69) is 68.7 Å². The van der Waals surface area contributed by atoms with Crippen LogP contribution in [0.5, 0.6) is 0 Å². The zero-order chi connectivity index (χ0) is 23.8. The first kappa shape index (κ1) is 25.0. The Morgan fingerprint density at radius 1 is 0.727 bits per heavy atom. The van der Waals surface area contributed by atoms with Gasteiger partial charge in [-0.05, 0) is 51.1 Å². The minimum atomic E-state index is 0.0822. The van der Waals surface area contributed by atoms with Gasteiger partial charge < -0.3 is 9.80 Å². The zero-order valence-corrected chi connectivity index (χ0v) is 21.5. The van der Waals surface area contributed by atoms with Crippen LogP contribution in [0, 0.1) is 0 Å². The average molecular weight is 464 g/mol. The fourth-order valence-electron chi connectivity index (χ4n) is 4.42. The van der Waals surface area contributed by atoms with Gasteiger partial charge in [0.05, 0.1) is 11.4 Å². The molecule has 3 rings (SSSR count). The van der Waals surface area contributed by atoms with Crippen molar-refractivity contribution in [2.24, 2.45) is 0 Å². The predicted molar refractivity (Wildman–Crippen MR) is 145 cm³/mol. The molecule has 0 unspecified atom stereocenters. The van der Waals surface area contributed by atoms with Gasteiger partial charge in [-0.2, -0.15) is 0 Å². The van der Waals surface area contributed by atoms with Gasteiger partial charge in [0, 0.05) is 43.9 Å². The van der Waals surface area contributed by atoms with Gasteiger partial charge in [0.2, 0.25) is 0 Å². The van der Waals surface area contributed by atoms with Gasteiger partial charge in [-0.3, -0.25) is 9.36 Å². The second kappa shape index (κ2) is 12.0. The molecule has 0 amide bonds. The Balaban J connectivity index is 2.48. The van der Waals surface area contributed by atoms with Gasteiger partial charge in [-0.25, -0.2) is 0 Å². The fourth-order valence-corrected chi connectivity index (χ4v) is 5.38. The lowest BCUT2D eigenvalue weighted by atomic mass is 10.0. The highest BCUT2D eigenvalue weighted by molar-refractivity contribution is 7.99. The number of para-hydroxylation sites is 1. The van der Waals surface area contributed by atoms with Crippen molar-refractivity contribution >= 4 is 23.1 Å². The summed E-state index contributed by atoms with van der Waals surface area (Å²) in [5.74, 6) is 0.899. The first-order chi connectivity index (χ1) is 16.1. The van der Waals surface area contributed by atoms with Gasteiger partial charge in [0.25, 0.3) is 5.56 Å². The van der Waals surface area contributed by atoms with E-state index in [1.54, 1.807) is 11.8 Å². The molecule has 0 N–H and O–H groups in total. The van der Waals surface area contributed by atoms with Crippen LogP contribution in [0.25, 0.3) is 5.69 Å². The zero-order valence-electron chi connectivity index (χ0n) is 20.7. The third-order valence-corrected chi connectivity index (χ3v) is 6.99. The number of hydrogen-bond acceptors (Lipinski definition) is 4. The molecule has 0 bridgehead atoms. The highest BCUT2D eigenvalue weighted by atomic mass is 32.2. The molecule has 0 spiro atoms. The largest absolute Gasteiger partial charge is 0.370 e. The second-order valence-electron chi connectivity index (χ2n) is 7.90. The Morgan fingerprint density at radius 2 is 1.24 bits per heavy atom. The van der Waals surface area contributed by atoms with Crippen molar-refractivity contribution in [2.75, 3.05) is 41.7 Å². The number of hydrogen-bond donors (Lipinski definition) is 0. The SMILES string of the molecule is CCSc1c(N(CC)CC)c(N(CC)CC)c(Cc2ccccc2)c(=O)n1-c1ccccc1. The smallest absolute Gasteiger partial charge is 0.261 e. The van der Waals surface area contributed by atoms with Crippen molar-refractivity contribution in [1.29, 1.82) is 0 Å². The summed E-state index contributed by atoms with van der Waals surface area (Å²) in [6.07, 6.45) is 0.615. The molecule has 1 heterocycles. The third-order valence-electron chi connectivity index (χ3n) is 6.06. The van der Waals surface area contributed by atoms with Crippen molar-refractivity contribution in [3.8, 4) is 5.69 Å². The van der Waals surface area contributed by atoms with Crippen LogP contribution in [-0.4, -0.2) is 36.5 Å². The quantitative estimate of drug-likeness (QED) is 0.315. The first-order valence-corrected chi connectivity index (χ1v) is 13.1. The molecule has 0 radical (unpaired) electrons. The summed E-state index contributed by atoms with van der Waals surface area (Å²) >= 11 is 1.76. The number of pyridine rings is 1. The van der Waals surface area contributed by atoms with Crippen LogP contribution < -0.4 is 15.4 Å². The van der Waals surface area contributed by atoms with Crippen LogP contribution in [-0.2, 0) is 6.42 Å². The standard InChI is InChI=1S/C28H37N3OS/c1-6-29(7-2)25-24(21-22-17-13-11-14-18-22)27(32)31(23-19-15-12-16-20-23)28(33-10-5)26(25)30(8-3)9-4/h11-20H,6-10,21H2,1-5H3. The summed E-state index contributed by atoms with van der Waals surface area (Å²) in [7, 11) is 0. The number of nitrogens with zero attached hydrogens (tertiary/aromatic N) is 3. The van der Waals surface area contributed by atoms with Gasteiger partial charge >= 0.3 is 0 Å². The van der Waals surface area contributed by atoms with E-state index in [-0.39, 0.29) is 5.56 Å². The molecule has 2 aromatic carbocycles. The molecule has 5 heteroatoms. The maximum Gasteiger partial charge on any atom is 0.261 e. The van der Waals surface area contributed by atoms with Gasteiger partial charge in [-0.15, -0.1) is 11.8 Å². The van der Waals surface area contributed by atoms with E-state index in [0.717, 1.165) is 59.5 Å². The number of rotatable bonds is 11. The minimum Gasteiger partial charge on any atom is -0.370 e. The highest BCUT2D eigenvalue weighted by Gasteiger charge is 2.28. The molecule has 0 fully saturated rings. The molecule has 0 aliphatic carbocycles. The Bertz CT molecular complexity index is 1070. The van der Waals surface area contributed by atoms with Crippen molar-refractivity contribution in [2.45, 2.75) is 46.1 Å². The molecule has 0 aliphatic heterocycles. The number of anilines is 2. The third kappa shape index (κ3) is 5.30. The Labute approximate surface area is 203 Å². The van der Waals surface area contributed by atoms with E-state index in [0.29, 0.717) is 6.42 Å². The molecule has 0 saturated heterocycles. The van der Waals surface area contributed by atoms with Gasteiger partial charge in [-0.1, -0.05) is 55.5 Å². The van der Waals surface area contributed by atoms with Crippen LogP contribution >= 0.6 is 11.8 Å². The Morgan fingerprint density at radius 3 is 1.76 bits per heavy atom. The summed E-state index contributed by atoms with van der Waals surface area (Å²) in [6.45, 7) is 14.4. The lowest BCUT2D eigenvalue weighted by Crippen LogP contribution is -2.36. The van der Waals surface area contributed by atoms with E-state index >= 15 is 0 Å². The van der Waals surface area contributed by atoms with Crippen molar-refractivity contribution in [3.05, 3.63) is 82.1 Å². The number of benzene rings is 2. The monoisotopic (exact) mass is 463 g/mol. The Kier molecular flexibility index (Phi) is 9.07. The summed E-state index contributed by atoms with van der Waals surface area (Å²) in [5.41, 5.74) is 5.32. The normalized spacial score (nSPS) is 10.9. The molecule has 3 aromatic rings. The molecule has 176 valence electrons. The summed E-state index contributed by atoms with van der Waals surface area (Å²) < 4.78 is 1.95. The van der Waals surface area contributed by atoms with E-state index in [4.69, 9.17) is 0 Å². The van der Waals surface area contributed by atoms with Crippen LogP contribution in [0.2, 0.25) is 0 Å². The number of aromatic nitrogens is 1. The van der Waals surface area contributed by atoms with Crippen molar-refractivity contribution in [1.82, 2.24) is 4.57 Å². The van der Waals surface area contributed by atoms with E-state index in [9.17, 15) is 4.79 Å². The van der Waals surface area contributed by atoms with Crippen LogP contribution in [0.3, 0.4) is 0 Å². The van der Waals surface area contributed by atoms with E-state index < -0.39 is 0 Å². The van der Waals surface area contributed by atoms with Crippen LogP contribution in [0.1, 0.15) is 45.7 Å². The summed E-state index contributed by atoms with van der Waals surface area (Å²) in [6, 6.07) is 20.5. The lowest BCUT2D eigenvalue weighted by molar-refractivity contribution is 0.768. The second-order valence-corrected chi connectivity index (χ2v) is 9.15. The van der Waals surface area contributed by atoms with Crippen LogP contribution in [0.4, 0.5) is 11.4 Å². The van der Waals surface area contributed by atoms with E-state index in [1.807, 2.05) is 41.0 Å². The van der Waals surface area contributed by atoms with E-state index in [1.165, 1.54) is 5.69 Å². The first-order valence-electron chi connectivity index (χ1n) is 12.1. The molecule has 0 saturated carbocycles. The molecule has 1 aromatic heterocycles. The summed E-state index contributed by atoms with van der Waals surface area (Å²) in [5, 5.41) is 1.04. The molecule has 33 heavy (non-hydrogen) atoms. The predicted octanol–water partition coefficient (Wildman–Crippen LogP) is 6.23. The maximum absolute atomic E-state index is 14.3.